The van der Waals surface area contributed by atoms with Crippen molar-refractivity contribution in [2.75, 3.05) is 17.1 Å². The minimum absolute atomic E-state index is 0.111. The number of aryl methyl sites for hydroxylation is 1. The van der Waals surface area contributed by atoms with E-state index in [2.05, 4.69) is 5.32 Å². The van der Waals surface area contributed by atoms with Crippen LogP contribution in [0.5, 0.6) is 0 Å². The van der Waals surface area contributed by atoms with Crippen LogP contribution >= 0.6 is 11.6 Å². The van der Waals surface area contributed by atoms with Gasteiger partial charge in [0.15, 0.2) is 0 Å². The first-order valence-electron chi connectivity index (χ1n) is 12.4. The lowest BCUT2D eigenvalue weighted by molar-refractivity contribution is -0.141. The molecule has 1 atom stereocenters. The molecule has 1 N–H and O–H groups in total. The molecule has 2 amide bonds. The minimum Gasteiger partial charge on any atom is -0.352 e. The quantitative estimate of drug-likeness (QED) is 0.454. The Labute approximate surface area is 219 Å². The van der Waals surface area contributed by atoms with Crippen LogP contribution in [-0.4, -0.2) is 50.0 Å². The maximum Gasteiger partial charge on any atom is 0.242 e. The molecule has 1 aliphatic carbocycles. The summed E-state index contributed by atoms with van der Waals surface area (Å²) in [5.74, 6) is -0.344. The van der Waals surface area contributed by atoms with Crippen LogP contribution in [0, 0.1) is 6.92 Å². The number of rotatable bonds is 11. The highest BCUT2D eigenvalue weighted by Gasteiger charge is 2.28. The van der Waals surface area contributed by atoms with E-state index < -0.39 is 16.1 Å². The van der Waals surface area contributed by atoms with Crippen molar-refractivity contribution in [1.29, 1.82) is 0 Å². The summed E-state index contributed by atoms with van der Waals surface area (Å²) in [5, 5.41) is 3.53. The summed E-state index contributed by atoms with van der Waals surface area (Å²) in [7, 11) is -3.56. The van der Waals surface area contributed by atoms with E-state index in [9.17, 15) is 18.0 Å². The average Bonchev–Trinajstić information content (AvgIpc) is 3.33. The molecule has 2 aromatic carbocycles. The van der Waals surface area contributed by atoms with Crippen molar-refractivity contribution in [3.05, 3.63) is 64.7 Å². The summed E-state index contributed by atoms with van der Waals surface area (Å²) in [6, 6.07) is 14.0. The highest BCUT2D eigenvalue weighted by Crippen LogP contribution is 2.23. The van der Waals surface area contributed by atoms with Crippen molar-refractivity contribution in [3.8, 4) is 0 Å². The smallest absolute Gasteiger partial charge is 0.242 e. The van der Waals surface area contributed by atoms with Gasteiger partial charge < -0.3 is 10.2 Å². The van der Waals surface area contributed by atoms with Crippen molar-refractivity contribution >= 4 is 39.1 Å². The zero-order chi connectivity index (χ0) is 26.3. The molecule has 36 heavy (non-hydrogen) atoms. The lowest BCUT2D eigenvalue weighted by Gasteiger charge is -2.30. The second-order valence-corrected chi connectivity index (χ2v) is 11.9. The number of nitrogens with zero attached hydrogens (tertiary/aromatic N) is 2. The van der Waals surface area contributed by atoms with Crippen LogP contribution < -0.4 is 9.62 Å². The molecule has 1 saturated carbocycles. The molecule has 0 bridgehead atoms. The highest BCUT2D eigenvalue weighted by molar-refractivity contribution is 7.92. The fourth-order valence-electron chi connectivity index (χ4n) is 4.50. The number of carbonyl (C=O) groups excluding carboxylic acids is 2. The summed E-state index contributed by atoms with van der Waals surface area (Å²) in [6.07, 6.45) is 5.70. The molecule has 0 radical (unpaired) electrons. The van der Waals surface area contributed by atoms with Gasteiger partial charge in [-0.3, -0.25) is 13.9 Å². The summed E-state index contributed by atoms with van der Waals surface area (Å²) in [6.45, 7) is 4.19. The van der Waals surface area contributed by atoms with Gasteiger partial charge in [0.25, 0.3) is 0 Å². The second-order valence-electron chi connectivity index (χ2n) is 9.59. The maximum absolute atomic E-state index is 13.4. The molecular weight excluding hydrogens is 498 g/mol. The third-order valence-corrected chi connectivity index (χ3v) is 8.02. The SMILES string of the molecule is Cc1ccc(CN(C(=O)CCCN(c2cccc(Cl)c2)S(C)(=O)=O)C(C)C(=O)NC2CCCC2)cc1. The number of hydrogen-bond acceptors (Lipinski definition) is 4. The molecule has 0 aromatic heterocycles. The van der Waals surface area contributed by atoms with Crippen LogP contribution in [-0.2, 0) is 26.2 Å². The molecule has 0 saturated heterocycles. The fourth-order valence-corrected chi connectivity index (χ4v) is 5.64. The van der Waals surface area contributed by atoms with Gasteiger partial charge in [-0.2, -0.15) is 0 Å². The molecule has 3 rings (SSSR count). The molecule has 2 aromatic rings. The molecule has 9 heteroatoms. The van der Waals surface area contributed by atoms with Crippen LogP contribution in [0.4, 0.5) is 5.69 Å². The molecule has 0 aliphatic heterocycles. The van der Waals surface area contributed by atoms with Crippen molar-refractivity contribution < 1.29 is 18.0 Å². The lowest BCUT2D eigenvalue weighted by atomic mass is 10.1. The topological polar surface area (TPSA) is 86.8 Å². The molecule has 7 nitrogen and oxygen atoms in total. The molecule has 1 aliphatic rings. The second kappa shape index (κ2) is 12.6. The number of nitrogens with one attached hydrogen (secondary N) is 1. The zero-order valence-electron chi connectivity index (χ0n) is 21.2. The zero-order valence-corrected chi connectivity index (χ0v) is 22.8. The van der Waals surface area contributed by atoms with Gasteiger partial charge in [0, 0.05) is 30.6 Å². The number of benzene rings is 2. The number of hydrogen-bond donors (Lipinski definition) is 1. The Morgan fingerprint density at radius 3 is 2.39 bits per heavy atom. The minimum atomic E-state index is -3.56. The third-order valence-electron chi connectivity index (χ3n) is 6.59. The molecule has 1 unspecified atom stereocenters. The van der Waals surface area contributed by atoms with E-state index in [1.54, 1.807) is 36.1 Å². The first-order chi connectivity index (χ1) is 17.0. The Kier molecular flexibility index (Phi) is 9.79. The Hall–Kier alpha value is -2.58. The Balaban J connectivity index is 1.71. The first kappa shape index (κ1) is 28.0. The van der Waals surface area contributed by atoms with Gasteiger partial charge in [0.2, 0.25) is 21.8 Å². The predicted octanol–water partition coefficient (Wildman–Crippen LogP) is 4.67. The van der Waals surface area contributed by atoms with E-state index in [0.29, 0.717) is 23.7 Å². The Morgan fingerprint density at radius 1 is 1.11 bits per heavy atom. The van der Waals surface area contributed by atoms with Crippen LogP contribution in [0.1, 0.15) is 56.6 Å². The van der Waals surface area contributed by atoms with Gasteiger partial charge in [-0.05, 0) is 56.9 Å². The third kappa shape index (κ3) is 7.96. The lowest BCUT2D eigenvalue weighted by Crippen LogP contribution is -2.49. The van der Waals surface area contributed by atoms with Gasteiger partial charge in [0.1, 0.15) is 6.04 Å². The van der Waals surface area contributed by atoms with Gasteiger partial charge in [-0.15, -0.1) is 0 Å². The molecular formula is C27H36ClN3O4S. The molecule has 0 heterocycles. The maximum atomic E-state index is 13.4. The van der Waals surface area contributed by atoms with E-state index in [-0.39, 0.29) is 30.8 Å². The first-order valence-corrected chi connectivity index (χ1v) is 14.7. The normalized spacial score (nSPS) is 14.9. The van der Waals surface area contributed by atoms with Crippen LogP contribution in [0.2, 0.25) is 5.02 Å². The van der Waals surface area contributed by atoms with Gasteiger partial charge in [-0.25, -0.2) is 8.42 Å². The van der Waals surface area contributed by atoms with E-state index >= 15 is 0 Å². The fraction of sp³-hybridized carbons (Fsp3) is 0.481. The molecule has 0 spiro atoms. The van der Waals surface area contributed by atoms with E-state index in [1.165, 1.54) is 4.31 Å². The van der Waals surface area contributed by atoms with Crippen molar-refractivity contribution in [2.45, 2.75) is 71.0 Å². The standard InChI is InChI=1S/C27H36ClN3O4S/c1-20-13-15-22(16-14-20)19-30(21(2)27(33)29-24-9-4-5-10-24)26(32)12-7-17-31(36(3,34)35)25-11-6-8-23(28)18-25/h6,8,11,13-16,18,21,24H,4-5,7,9-10,12,17,19H2,1-3H3,(H,29,33). The van der Waals surface area contributed by atoms with Crippen molar-refractivity contribution in [1.82, 2.24) is 10.2 Å². The summed E-state index contributed by atoms with van der Waals surface area (Å²) >= 11 is 6.06. The van der Waals surface area contributed by atoms with E-state index in [4.69, 9.17) is 11.6 Å². The van der Waals surface area contributed by atoms with Crippen LogP contribution in [0.15, 0.2) is 48.5 Å². The highest BCUT2D eigenvalue weighted by atomic mass is 35.5. The summed E-state index contributed by atoms with van der Waals surface area (Å²) < 4.78 is 26.1. The van der Waals surface area contributed by atoms with Crippen LogP contribution in [0.3, 0.4) is 0 Å². The molecule has 196 valence electrons. The van der Waals surface area contributed by atoms with Gasteiger partial charge >= 0.3 is 0 Å². The predicted molar refractivity (Wildman–Crippen MR) is 144 cm³/mol. The number of carbonyl (C=O) groups is 2. The van der Waals surface area contributed by atoms with E-state index in [0.717, 1.165) is 43.1 Å². The Bertz CT molecular complexity index is 1150. The van der Waals surface area contributed by atoms with Gasteiger partial charge in [0.05, 0.1) is 11.9 Å². The summed E-state index contributed by atoms with van der Waals surface area (Å²) in [4.78, 5) is 28.0. The average molecular weight is 534 g/mol. The molecule has 1 fully saturated rings. The number of sulfonamides is 1. The van der Waals surface area contributed by atoms with E-state index in [1.807, 2.05) is 31.2 Å². The number of anilines is 1. The van der Waals surface area contributed by atoms with Gasteiger partial charge in [-0.1, -0.05) is 60.3 Å². The van der Waals surface area contributed by atoms with Crippen molar-refractivity contribution in [2.24, 2.45) is 0 Å². The Morgan fingerprint density at radius 2 is 1.78 bits per heavy atom. The largest absolute Gasteiger partial charge is 0.352 e. The number of amides is 2. The van der Waals surface area contributed by atoms with Crippen LogP contribution in [0.25, 0.3) is 0 Å². The summed E-state index contributed by atoms with van der Waals surface area (Å²) in [5.41, 5.74) is 2.51. The van der Waals surface area contributed by atoms with Crippen molar-refractivity contribution in [3.63, 3.8) is 0 Å². The monoisotopic (exact) mass is 533 g/mol. The number of halogens is 1.